The average molecular weight is 441 g/mol. The first-order valence-corrected chi connectivity index (χ1v) is 12.4. The molecule has 31 heavy (non-hydrogen) atoms. The van der Waals surface area contributed by atoms with Crippen molar-refractivity contribution >= 4 is 23.0 Å². The standard InChI is InChI=1S/C24H32N4O2S/c1-4-6-11-22(25-3)26-15-24(16-26)17-27(18-24)23(29)28-12-8-13-31(30)21-14-19(5-2)9-7-10-20(21)28/h4,6-7,9,11,14H,1,5,8,10,12-13,15-18H2,2-3H3/b11-6-,25-22+. The molecule has 2 saturated heterocycles. The Hall–Kier alpha value is -2.25. The summed E-state index contributed by atoms with van der Waals surface area (Å²) >= 11 is -1.04. The van der Waals surface area contributed by atoms with Gasteiger partial charge in [-0.05, 0) is 35.3 Å². The van der Waals surface area contributed by atoms with E-state index >= 15 is 0 Å². The third-order valence-corrected chi connectivity index (χ3v) is 7.98. The predicted octanol–water partition coefficient (Wildman–Crippen LogP) is 3.46. The van der Waals surface area contributed by atoms with E-state index in [-0.39, 0.29) is 11.4 Å². The van der Waals surface area contributed by atoms with Gasteiger partial charge in [-0.1, -0.05) is 37.8 Å². The van der Waals surface area contributed by atoms with Crippen LogP contribution < -0.4 is 0 Å². The summed E-state index contributed by atoms with van der Waals surface area (Å²) in [5.74, 6) is 1.58. The molecule has 1 aliphatic carbocycles. The lowest BCUT2D eigenvalue weighted by atomic mass is 9.73. The van der Waals surface area contributed by atoms with Gasteiger partial charge in [0.25, 0.3) is 0 Å². The maximum atomic E-state index is 13.4. The number of carbonyl (C=O) groups is 1. The molecule has 166 valence electrons. The van der Waals surface area contributed by atoms with Gasteiger partial charge in [0.15, 0.2) is 4.91 Å². The van der Waals surface area contributed by atoms with Crippen molar-refractivity contribution in [1.82, 2.24) is 14.7 Å². The van der Waals surface area contributed by atoms with Gasteiger partial charge < -0.3 is 14.4 Å². The van der Waals surface area contributed by atoms with Crippen LogP contribution in [0.4, 0.5) is 4.79 Å². The minimum atomic E-state index is -1.04. The van der Waals surface area contributed by atoms with Gasteiger partial charge >= 0.3 is 6.03 Å². The largest absolute Gasteiger partial charge is 0.611 e. The molecule has 4 aliphatic rings. The Bertz CT molecular complexity index is 887. The molecule has 1 spiro atoms. The van der Waals surface area contributed by atoms with Crippen molar-refractivity contribution in [3.63, 3.8) is 0 Å². The van der Waals surface area contributed by atoms with Gasteiger partial charge in [0, 0.05) is 58.0 Å². The number of hydrogen-bond donors (Lipinski definition) is 0. The van der Waals surface area contributed by atoms with E-state index in [1.54, 1.807) is 13.1 Å². The minimum absolute atomic E-state index is 0.0631. The number of likely N-dealkylation sites (tertiary alicyclic amines) is 2. The fourth-order valence-corrected chi connectivity index (χ4v) is 6.21. The Morgan fingerprint density at radius 2 is 2.06 bits per heavy atom. The number of amides is 2. The first-order valence-electron chi connectivity index (χ1n) is 11.1. The number of urea groups is 1. The van der Waals surface area contributed by atoms with Crippen molar-refractivity contribution in [3.05, 3.63) is 59.2 Å². The van der Waals surface area contributed by atoms with Crippen LogP contribution >= 0.6 is 0 Å². The molecular weight excluding hydrogens is 408 g/mol. The first-order chi connectivity index (χ1) is 15.0. The molecule has 0 saturated carbocycles. The van der Waals surface area contributed by atoms with E-state index in [9.17, 15) is 9.35 Å². The Morgan fingerprint density at radius 1 is 1.32 bits per heavy atom. The second-order valence-electron chi connectivity index (χ2n) is 8.72. The Morgan fingerprint density at radius 3 is 2.74 bits per heavy atom. The van der Waals surface area contributed by atoms with Gasteiger partial charge in [-0.15, -0.1) is 0 Å². The predicted molar refractivity (Wildman–Crippen MR) is 127 cm³/mol. The molecule has 1 atom stereocenters. The van der Waals surface area contributed by atoms with Gasteiger partial charge in [0.2, 0.25) is 0 Å². The molecule has 2 amide bonds. The van der Waals surface area contributed by atoms with Crippen LogP contribution in [0.1, 0.15) is 26.2 Å². The van der Waals surface area contributed by atoms with Crippen LogP contribution in [0.2, 0.25) is 0 Å². The molecular formula is C24H32N4O2S. The number of amidine groups is 1. The summed E-state index contributed by atoms with van der Waals surface area (Å²) in [5, 5.41) is 0. The molecule has 0 bridgehead atoms. The van der Waals surface area contributed by atoms with Crippen LogP contribution in [-0.2, 0) is 11.2 Å². The Balaban J connectivity index is 1.43. The van der Waals surface area contributed by atoms with Crippen LogP contribution in [0.3, 0.4) is 0 Å². The minimum Gasteiger partial charge on any atom is -0.611 e. The molecule has 3 heterocycles. The molecule has 0 aromatic heterocycles. The lowest BCUT2D eigenvalue weighted by Gasteiger charge is -2.61. The third-order valence-electron chi connectivity index (χ3n) is 6.48. The summed E-state index contributed by atoms with van der Waals surface area (Å²) in [5.41, 5.74) is 2.27. The molecule has 3 aliphatic heterocycles. The highest BCUT2D eigenvalue weighted by atomic mass is 32.2. The first kappa shape index (κ1) is 22.0. The second-order valence-corrected chi connectivity index (χ2v) is 10.3. The summed E-state index contributed by atoms with van der Waals surface area (Å²) in [6.45, 7) is 9.86. The summed E-state index contributed by atoms with van der Waals surface area (Å²) in [4.78, 5) is 24.7. The van der Waals surface area contributed by atoms with Gasteiger partial charge in [-0.25, -0.2) is 4.79 Å². The lowest BCUT2D eigenvalue weighted by molar-refractivity contribution is -0.0676. The molecule has 0 aromatic carbocycles. The molecule has 0 N–H and O–H groups in total. The van der Waals surface area contributed by atoms with Crippen molar-refractivity contribution in [2.45, 2.75) is 26.2 Å². The molecule has 4 rings (SSSR count). The number of nitrogens with zero attached hydrogens (tertiary/aromatic N) is 4. The highest BCUT2D eigenvalue weighted by molar-refractivity contribution is 7.95. The zero-order valence-corrected chi connectivity index (χ0v) is 19.4. The average Bonchev–Trinajstić information content (AvgIpc) is 3.01. The van der Waals surface area contributed by atoms with E-state index in [2.05, 4.69) is 35.5 Å². The molecule has 1 unspecified atom stereocenters. The van der Waals surface area contributed by atoms with Crippen LogP contribution in [0, 0.1) is 5.41 Å². The summed E-state index contributed by atoms with van der Waals surface area (Å²) in [6.07, 6.45) is 14.2. The smallest absolute Gasteiger partial charge is 0.324 e. The summed E-state index contributed by atoms with van der Waals surface area (Å²) in [7, 11) is 1.80. The summed E-state index contributed by atoms with van der Waals surface area (Å²) in [6, 6.07) is 0.0631. The second kappa shape index (κ2) is 9.09. The van der Waals surface area contributed by atoms with Gasteiger partial charge in [-0.3, -0.25) is 9.89 Å². The maximum Gasteiger partial charge on any atom is 0.324 e. The van der Waals surface area contributed by atoms with Gasteiger partial charge in [-0.2, -0.15) is 0 Å². The monoisotopic (exact) mass is 440 g/mol. The summed E-state index contributed by atoms with van der Waals surface area (Å²) < 4.78 is 12.8. The number of carbonyl (C=O) groups excluding carboxylic acids is 1. The van der Waals surface area contributed by atoms with E-state index in [0.29, 0.717) is 18.7 Å². The van der Waals surface area contributed by atoms with Crippen molar-refractivity contribution in [2.75, 3.05) is 45.5 Å². The molecule has 0 radical (unpaired) electrons. The van der Waals surface area contributed by atoms with Gasteiger partial charge in [0.05, 0.1) is 5.70 Å². The molecule has 0 aromatic rings. The van der Waals surface area contributed by atoms with Crippen LogP contribution in [0.5, 0.6) is 0 Å². The molecule has 2 fully saturated rings. The lowest BCUT2D eigenvalue weighted by Crippen LogP contribution is -2.74. The van der Waals surface area contributed by atoms with Crippen LogP contribution in [-0.4, -0.2) is 76.6 Å². The highest BCUT2D eigenvalue weighted by Crippen LogP contribution is 2.41. The third kappa shape index (κ3) is 4.26. The van der Waals surface area contributed by atoms with Crippen molar-refractivity contribution in [1.29, 1.82) is 0 Å². The topological polar surface area (TPSA) is 62.2 Å². The van der Waals surface area contributed by atoms with Crippen LogP contribution in [0.25, 0.3) is 0 Å². The maximum absolute atomic E-state index is 13.4. The number of rotatable bonds is 3. The van der Waals surface area contributed by atoms with E-state index in [1.165, 1.54) is 5.57 Å². The fraction of sp³-hybridized carbons (Fsp3) is 0.500. The normalized spacial score (nSPS) is 25.6. The SMILES string of the molecule is C=C/C=C\C(=N/C)N1CC2(CN(C(=O)N3CCC[S+]([O-])C4=C3CC=CC(CC)=C4)C2)C1. The van der Waals surface area contributed by atoms with Crippen molar-refractivity contribution < 1.29 is 9.35 Å². The van der Waals surface area contributed by atoms with E-state index < -0.39 is 11.2 Å². The van der Waals surface area contributed by atoms with E-state index in [0.717, 1.165) is 55.5 Å². The Labute approximate surface area is 188 Å². The number of hydrogen-bond acceptors (Lipinski definition) is 3. The molecule has 7 heteroatoms. The van der Waals surface area contributed by atoms with E-state index in [1.807, 2.05) is 28.0 Å². The zero-order valence-electron chi connectivity index (χ0n) is 18.5. The van der Waals surface area contributed by atoms with Crippen molar-refractivity contribution in [2.24, 2.45) is 10.4 Å². The fourth-order valence-electron chi connectivity index (χ4n) is 4.86. The quantitative estimate of drug-likeness (QED) is 0.292. The zero-order chi connectivity index (χ0) is 22.0. The number of aliphatic imine (C=N–C) groups is 1. The number of allylic oxidation sites excluding steroid dienone is 6. The Kier molecular flexibility index (Phi) is 6.44. The van der Waals surface area contributed by atoms with E-state index in [4.69, 9.17) is 0 Å². The molecule has 6 nitrogen and oxygen atoms in total. The van der Waals surface area contributed by atoms with Gasteiger partial charge in [0.1, 0.15) is 11.6 Å². The highest BCUT2D eigenvalue weighted by Gasteiger charge is 2.54. The van der Waals surface area contributed by atoms with Crippen LogP contribution in [0.15, 0.2) is 64.2 Å². The van der Waals surface area contributed by atoms with Crippen molar-refractivity contribution in [3.8, 4) is 0 Å².